The predicted molar refractivity (Wildman–Crippen MR) is 116 cm³/mol. The average Bonchev–Trinajstić information content (AvgIpc) is 2.74. The molecule has 5 heteroatoms. The normalized spacial score (nSPS) is 12.0. The summed E-state index contributed by atoms with van der Waals surface area (Å²) in [4.78, 5) is 29.1. The Morgan fingerprint density at radius 2 is 1.59 bits per heavy atom. The van der Waals surface area contributed by atoms with Gasteiger partial charge < -0.3 is 4.74 Å². The number of carbonyl (C=O) groups is 2. The first-order valence-electron chi connectivity index (χ1n) is 9.61. The van der Waals surface area contributed by atoms with E-state index in [0.717, 1.165) is 16.3 Å². The number of hydrogen-bond acceptors (Lipinski definition) is 4. The second kappa shape index (κ2) is 9.34. The van der Waals surface area contributed by atoms with Gasteiger partial charge in [-0.1, -0.05) is 66.7 Å². The highest BCUT2D eigenvalue weighted by atomic mass is 16.5. The van der Waals surface area contributed by atoms with Gasteiger partial charge >= 0.3 is 5.97 Å². The van der Waals surface area contributed by atoms with E-state index in [4.69, 9.17) is 4.74 Å². The van der Waals surface area contributed by atoms with E-state index in [1.807, 2.05) is 84.7 Å². The summed E-state index contributed by atoms with van der Waals surface area (Å²) in [5.74, 6) is -0.602. The highest BCUT2D eigenvalue weighted by Crippen LogP contribution is 2.28. The van der Waals surface area contributed by atoms with Crippen LogP contribution >= 0.6 is 0 Å². The van der Waals surface area contributed by atoms with Crippen molar-refractivity contribution in [1.29, 1.82) is 0 Å². The van der Waals surface area contributed by atoms with Crippen LogP contribution in [0.25, 0.3) is 10.8 Å². The zero-order valence-electron chi connectivity index (χ0n) is 17.0. The van der Waals surface area contributed by atoms with Crippen molar-refractivity contribution in [2.24, 2.45) is 0 Å². The molecule has 0 aliphatic rings. The molecule has 0 radical (unpaired) electrons. The number of carbonyl (C=O) groups excluding carboxylic acids is 2. The number of nitrogens with zero attached hydrogens (tertiary/aromatic N) is 2. The van der Waals surface area contributed by atoms with Gasteiger partial charge in [-0.05, 0) is 31.0 Å². The van der Waals surface area contributed by atoms with E-state index < -0.39 is 12.0 Å². The molecular weight excluding hydrogens is 364 g/mol. The lowest BCUT2D eigenvalue weighted by molar-refractivity contribution is -0.143. The summed E-state index contributed by atoms with van der Waals surface area (Å²) in [5, 5.41) is 1.93. The number of hydrogen-bond donors (Lipinski definition) is 0. The van der Waals surface area contributed by atoms with E-state index in [0.29, 0.717) is 12.2 Å². The molecule has 29 heavy (non-hydrogen) atoms. The molecule has 0 aliphatic heterocycles. The minimum atomic E-state index is -0.733. The van der Waals surface area contributed by atoms with Crippen molar-refractivity contribution in [2.75, 3.05) is 25.6 Å². The van der Waals surface area contributed by atoms with Gasteiger partial charge in [0.05, 0.1) is 19.3 Å². The fraction of sp³-hybridized carbons (Fsp3) is 0.250. The number of amides is 1. The highest BCUT2D eigenvalue weighted by molar-refractivity contribution is 6.07. The van der Waals surface area contributed by atoms with Crippen molar-refractivity contribution in [2.45, 2.75) is 19.5 Å². The molecule has 0 aliphatic carbocycles. The van der Waals surface area contributed by atoms with E-state index in [9.17, 15) is 9.59 Å². The van der Waals surface area contributed by atoms with Gasteiger partial charge in [0.25, 0.3) is 0 Å². The predicted octanol–water partition coefficient (Wildman–Crippen LogP) is 3.87. The van der Waals surface area contributed by atoms with Gasteiger partial charge in [-0.25, -0.2) is 4.79 Å². The van der Waals surface area contributed by atoms with Crippen LogP contribution < -0.4 is 4.90 Å². The fourth-order valence-electron chi connectivity index (χ4n) is 3.51. The van der Waals surface area contributed by atoms with Gasteiger partial charge in [-0.3, -0.25) is 14.6 Å². The van der Waals surface area contributed by atoms with Crippen LogP contribution in [0, 0.1) is 0 Å². The summed E-state index contributed by atoms with van der Waals surface area (Å²) < 4.78 is 4.93. The summed E-state index contributed by atoms with van der Waals surface area (Å²) in [6.45, 7) is 2.52. The number of methoxy groups -OCH3 is 1. The Morgan fingerprint density at radius 1 is 0.931 bits per heavy atom. The maximum atomic E-state index is 13.3. The number of benzene rings is 3. The number of anilines is 1. The Hall–Kier alpha value is -3.18. The van der Waals surface area contributed by atoms with Crippen molar-refractivity contribution in [3.8, 4) is 0 Å². The molecule has 3 rings (SSSR count). The van der Waals surface area contributed by atoms with Gasteiger partial charge in [0.2, 0.25) is 5.91 Å². The Bertz CT molecular complexity index is 982. The Labute approximate surface area is 171 Å². The molecule has 0 bridgehead atoms. The molecule has 3 aromatic rings. The minimum absolute atomic E-state index is 0.155. The summed E-state index contributed by atoms with van der Waals surface area (Å²) in [6.07, 6.45) is 0. The van der Waals surface area contributed by atoms with Crippen LogP contribution in [0.3, 0.4) is 0 Å². The number of likely N-dealkylation sites (N-methyl/N-ethyl adjacent to an activating group) is 1. The molecule has 0 spiro atoms. The summed E-state index contributed by atoms with van der Waals surface area (Å²) >= 11 is 0. The standard InChI is InChI=1S/C24H26N2O3/c1-18(24(28)29-3)26(22-15-9-13-20-12-7-8-14-21(20)22)23(27)17-25(2)16-19-10-5-4-6-11-19/h4-15,18H,16-17H2,1-3H3/t18-/m0/s1. The van der Waals surface area contributed by atoms with Crippen molar-refractivity contribution >= 4 is 28.3 Å². The van der Waals surface area contributed by atoms with Gasteiger partial charge in [-0.2, -0.15) is 0 Å². The van der Waals surface area contributed by atoms with E-state index in [2.05, 4.69) is 0 Å². The first kappa shape index (κ1) is 20.6. The minimum Gasteiger partial charge on any atom is -0.467 e. The van der Waals surface area contributed by atoms with Gasteiger partial charge in [0, 0.05) is 11.9 Å². The van der Waals surface area contributed by atoms with E-state index in [-0.39, 0.29) is 12.5 Å². The van der Waals surface area contributed by atoms with Crippen molar-refractivity contribution in [3.05, 3.63) is 78.4 Å². The maximum absolute atomic E-state index is 13.3. The smallest absolute Gasteiger partial charge is 0.328 e. The first-order chi connectivity index (χ1) is 14.0. The molecule has 0 N–H and O–H groups in total. The van der Waals surface area contributed by atoms with Gasteiger partial charge in [0.1, 0.15) is 6.04 Å². The Morgan fingerprint density at radius 3 is 2.31 bits per heavy atom. The summed E-state index contributed by atoms with van der Waals surface area (Å²) in [7, 11) is 3.24. The molecule has 0 fully saturated rings. The quantitative estimate of drug-likeness (QED) is 0.575. The molecule has 0 saturated carbocycles. The lowest BCUT2D eigenvalue weighted by atomic mass is 10.1. The zero-order chi connectivity index (χ0) is 20.8. The van der Waals surface area contributed by atoms with Crippen LogP contribution in [-0.2, 0) is 20.9 Å². The Kier molecular flexibility index (Phi) is 6.62. The highest BCUT2D eigenvalue weighted by Gasteiger charge is 2.29. The topological polar surface area (TPSA) is 49.9 Å². The van der Waals surface area contributed by atoms with Crippen LogP contribution in [-0.4, -0.2) is 43.5 Å². The molecule has 3 aromatic carbocycles. The van der Waals surface area contributed by atoms with Gasteiger partial charge in [-0.15, -0.1) is 0 Å². The van der Waals surface area contributed by atoms with Crippen LogP contribution in [0.2, 0.25) is 0 Å². The zero-order valence-corrected chi connectivity index (χ0v) is 17.0. The third-order valence-electron chi connectivity index (χ3n) is 4.92. The summed E-state index contributed by atoms with van der Waals surface area (Å²) in [6, 6.07) is 22.8. The molecular formula is C24H26N2O3. The van der Waals surface area contributed by atoms with Gasteiger partial charge in [0.15, 0.2) is 0 Å². The SMILES string of the molecule is COC(=O)[C@H](C)N(C(=O)CN(C)Cc1ccccc1)c1cccc2ccccc12. The average molecular weight is 390 g/mol. The fourth-order valence-corrected chi connectivity index (χ4v) is 3.51. The molecule has 5 nitrogen and oxygen atoms in total. The first-order valence-corrected chi connectivity index (χ1v) is 9.61. The lowest BCUT2D eigenvalue weighted by Gasteiger charge is -2.30. The maximum Gasteiger partial charge on any atom is 0.328 e. The van der Waals surface area contributed by atoms with Crippen molar-refractivity contribution < 1.29 is 14.3 Å². The largest absolute Gasteiger partial charge is 0.467 e. The number of fused-ring (bicyclic) bond motifs is 1. The number of ether oxygens (including phenoxy) is 1. The van der Waals surface area contributed by atoms with E-state index >= 15 is 0 Å². The molecule has 0 aromatic heterocycles. The van der Waals surface area contributed by atoms with E-state index in [1.54, 1.807) is 11.8 Å². The molecule has 150 valence electrons. The third kappa shape index (κ3) is 4.81. The Balaban J connectivity index is 1.91. The molecule has 1 atom stereocenters. The monoisotopic (exact) mass is 390 g/mol. The van der Waals surface area contributed by atoms with Crippen molar-refractivity contribution in [1.82, 2.24) is 4.90 Å². The molecule has 0 unspecified atom stereocenters. The van der Waals surface area contributed by atoms with Crippen LogP contribution in [0.5, 0.6) is 0 Å². The van der Waals surface area contributed by atoms with Crippen molar-refractivity contribution in [3.63, 3.8) is 0 Å². The van der Waals surface area contributed by atoms with E-state index in [1.165, 1.54) is 7.11 Å². The van der Waals surface area contributed by atoms with Crippen LogP contribution in [0.4, 0.5) is 5.69 Å². The lowest BCUT2D eigenvalue weighted by Crippen LogP contribution is -2.47. The van der Waals surface area contributed by atoms with Crippen LogP contribution in [0.1, 0.15) is 12.5 Å². The third-order valence-corrected chi connectivity index (χ3v) is 4.92. The number of esters is 1. The second-order valence-corrected chi connectivity index (χ2v) is 7.12. The van der Waals surface area contributed by atoms with Crippen LogP contribution in [0.15, 0.2) is 72.8 Å². The second-order valence-electron chi connectivity index (χ2n) is 7.12. The molecule has 0 heterocycles. The number of rotatable bonds is 7. The summed E-state index contributed by atoms with van der Waals surface area (Å²) in [5.41, 5.74) is 1.83. The molecule has 1 amide bonds. The molecule has 0 saturated heterocycles.